The van der Waals surface area contributed by atoms with Crippen molar-refractivity contribution in [2.24, 2.45) is 0 Å². The van der Waals surface area contributed by atoms with Gasteiger partial charge in [-0.05, 0) is 20.3 Å². The molecule has 0 bridgehead atoms. The molecule has 0 saturated carbocycles. The SMILES string of the molecule is CCCC(O)C(C)OCC(C)O. The van der Waals surface area contributed by atoms with Crippen LogP contribution in [0.4, 0.5) is 0 Å². The molecule has 3 nitrogen and oxygen atoms in total. The van der Waals surface area contributed by atoms with Crippen LogP contribution in [0.15, 0.2) is 0 Å². The number of aliphatic hydroxyl groups is 2. The average Bonchev–Trinajstić information content (AvgIpc) is 2.00. The van der Waals surface area contributed by atoms with Crippen molar-refractivity contribution in [3.8, 4) is 0 Å². The zero-order valence-corrected chi connectivity index (χ0v) is 8.16. The Morgan fingerprint density at radius 1 is 1.25 bits per heavy atom. The van der Waals surface area contributed by atoms with E-state index in [2.05, 4.69) is 0 Å². The number of hydrogen-bond donors (Lipinski definition) is 2. The van der Waals surface area contributed by atoms with Gasteiger partial charge in [-0.15, -0.1) is 0 Å². The Morgan fingerprint density at radius 3 is 2.25 bits per heavy atom. The van der Waals surface area contributed by atoms with E-state index in [0.717, 1.165) is 12.8 Å². The van der Waals surface area contributed by atoms with Crippen LogP contribution in [0, 0.1) is 0 Å². The summed E-state index contributed by atoms with van der Waals surface area (Å²) in [5, 5.41) is 18.3. The Morgan fingerprint density at radius 2 is 1.83 bits per heavy atom. The summed E-state index contributed by atoms with van der Waals surface area (Å²) in [5.41, 5.74) is 0. The topological polar surface area (TPSA) is 49.7 Å². The lowest BCUT2D eigenvalue weighted by molar-refractivity contribution is -0.0561. The van der Waals surface area contributed by atoms with Crippen LogP contribution in [-0.2, 0) is 4.74 Å². The third-order valence-electron chi connectivity index (χ3n) is 1.73. The molecule has 0 aliphatic carbocycles. The van der Waals surface area contributed by atoms with Gasteiger partial charge in [0.1, 0.15) is 0 Å². The van der Waals surface area contributed by atoms with E-state index < -0.39 is 12.2 Å². The molecule has 0 saturated heterocycles. The largest absolute Gasteiger partial charge is 0.391 e. The van der Waals surface area contributed by atoms with Gasteiger partial charge in [0.05, 0.1) is 24.9 Å². The fourth-order valence-corrected chi connectivity index (χ4v) is 0.933. The maximum Gasteiger partial charge on any atom is 0.0807 e. The molecule has 12 heavy (non-hydrogen) atoms. The molecule has 0 aromatic heterocycles. The Labute approximate surface area is 74.4 Å². The van der Waals surface area contributed by atoms with E-state index in [1.807, 2.05) is 13.8 Å². The molecule has 0 aliphatic rings. The quantitative estimate of drug-likeness (QED) is 0.633. The minimum Gasteiger partial charge on any atom is -0.391 e. The first kappa shape index (κ1) is 11.9. The first-order valence-corrected chi connectivity index (χ1v) is 4.55. The molecule has 3 unspecified atom stereocenters. The van der Waals surface area contributed by atoms with Gasteiger partial charge < -0.3 is 14.9 Å². The molecule has 0 fully saturated rings. The van der Waals surface area contributed by atoms with E-state index in [1.165, 1.54) is 0 Å². The zero-order valence-electron chi connectivity index (χ0n) is 8.16. The number of rotatable bonds is 6. The smallest absolute Gasteiger partial charge is 0.0807 e. The maximum atomic E-state index is 9.42. The molecule has 0 spiro atoms. The van der Waals surface area contributed by atoms with Gasteiger partial charge in [-0.2, -0.15) is 0 Å². The van der Waals surface area contributed by atoms with Crippen molar-refractivity contribution in [2.45, 2.75) is 51.9 Å². The van der Waals surface area contributed by atoms with Crippen molar-refractivity contribution >= 4 is 0 Å². The number of ether oxygens (including phenoxy) is 1. The van der Waals surface area contributed by atoms with Crippen molar-refractivity contribution in [1.82, 2.24) is 0 Å². The molecular weight excluding hydrogens is 156 g/mol. The summed E-state index contributed by atoms with van der Waals surface area (Å²) in [6.07, 6.45) is 0.652. The molecule has 0 heterocycles. The van der Waals surface area contributed by atoms with Crippen LogP contribution in [-0.4, -0.2) is 35.1 Å². The monoisotopic (exact) mass is 176 g/mol. The summed E-state index contributed by atoms with van der Waals surface area (Å²) in [6, 6.07) is 0. The highest BCUT2D eigenvalue weighted by molar-refractivity contribution is 4.63. The summed E-state index contributed by atoms with van der Waals surface area (Å²) in [7, 11) is 0. The van der Waals surface area contributed by atoms with E-state index in [9.17, 15) is 5.11 Å². The minimum atomic E-state index is -0.457. The van der Waals surface area contributed by atoms with Crippen LogP contribution in [0.1, 0.15) is 33.6 Å². The van der Waals surface area contributed by atoms with Crippen LogP contribution in [0.5, 0.6) is 0 Å². The first-order chi connectivity index (χ1) is 5.57. The summed E-state index contributed by atoms with van der Waals surface area (Å²) in [4.78, 5) is 0. The second kappa shape index (κ2) is 6.40. The van der Waals surface area contributed by atoms with Crippen LogP contribution >= 0.6 is 0 Å². The standard InChI is InChI=1S/C9H20O3/c1-4-5-9(11)8(3)12-6-7(2)10/h7-11H,4-6H2,1-3H3. The van der Waals surface area contributed by atoms with Crippen LogP contribution in [0.2, 0.25) is 0 Å². The predicted octanol–water partition coefficient (Wildman–Crippen LogP) is 0.933. The normalized spacial score (nSPS) is 18.8. The fraction of sp³-hybridized carbons (Fsp3) is 1.00. The summed E-state index contributed by atoms with van der Waals surface area (Å²) in [6.45, 7) is 5.80. The number of aliphatic hydroxyl groups excluding tert-OH is 2. The molecule has 3 heteroatoms. The fourth-order valence-electron chi connectivity index (χ4n) is 0.933. The summed E-state index contributed by atoms with van der Waals surface area (Å²) < 4.78 is 5.22. The Kier molecular flexibility index (Phi) is 6.34. The maximum absolute atomic E-state index is 9.42. The van der Waals surface area contributed by atoms with Crippen molar-refractivity contribution in [2.75, 3.05) is 6.61 Å². The molecule has 2 N–H and O–H groups in total. The molecular formula is C9H20O3. The van der Waals surface area contributed by atoms with Gasteiger partial charge in [-0.25, -0.2) is 0 Å². The minimum absolute atomic E-state index is 0.181. The van der Waals surface area contributed by atoms with Crippen molar-refractivity contribution < 1.29 is 14.9 Å². The molecule has 0 aromatic rings. The lowest BCUT2D eigenvalue weighted by Crippen LogP contribution is -2.28. The second-order valence-corrected chi connectivity index (χ2v) is 3.24. The molecule has 0 rings (SSSR count). The number of hydrogen-bond acceptors (Lipinski definition) is 3. The van der Waals surface area contributed by atoms with E-state index in [-0.39, 0.29) is 6.10 Å². The van der Waals surface area contributed by atoms with Crippen molar-refractivity contribution in [3.05, 3.63) is 0 Å². The third-order valence-corrected chi connectivity index (χ3v) is 1.73. The molecule has 0 amide bonds. The van der Waals surface area contributed by atoms with Crippen LogP contribution in [0.25, 0.3) is 0 Å². The van der Waals surface area contributed by atoms with Gasteiger partial charge in [-0.1, -0.05) is 13.3 Å². The molecule has 74 valence electrons. The molecule has 3 atom stereocenters. The zero-order chi connectivity index (χ0) is 9.56. The lowest BCUT2D eigenvalue weighted by Gasteiger charge is -2.19. The Bertz CT molecular complexity index is 104. The first-order valence-electron chi connectivity index (χ1n) is 4.55. The van der Waals surface area contributed by atoms with E-state index in [0.29, 0.717) is 6.61 Å². The highest BCUT2D eigenvalue weighted by Crippen LogP contribution is 2.05. The van der Waals surface area contributed by atoms with Crippen LogP contribution < -0.4 is 0 Å². The van der Waals surface area contributed by atoms with Gasteiger partial charge in [-0.3, -0.25) is 0 Å². The van der Waals surface area contributed by atoms with Crippen molar-refractivity contribution in [3.63, 3.8) is 0 Å². The van der Waals surface area contributed by atoms with Gasteiger partial charge in [0.15, 0.2) is 0 Å². The van der Waals surface area contributed by atoms with Gasteiger partial charge in [0.25, 0.3) is 0 Å². The molecule has 0 aliphatic heterocycles. The van der Waals surface area contributed by atoms with E-state index >= 15 is 0 Å². The summed E-state index contributed by atoms with van der Waals surface area (Å²) >= 11 is 0. The van der Waals surface area contributed by atoms with E-state index in [4.69, 9.17) is 9.84 Å². The Balaban J connectivity index is 3.49. The predicted molar refractivity (Wildman–Crippen MR) is 48.0 cm³/mol. The van der Waals surface area contributed by atoms with Gasteiger partial charge in [0, 0.05) is 0 Å². The summed E-state index contributed by atoms with van der Waals surface area (Å²) in [5.74, 6) is 0. The Hall–Kier alpha value is -0.120. The molecule has 0 radical (unpaired) electrons. The van der Waals surface area contributed by atoms with E-state index in [1.54, 1.807) is 6.92 Å². The highest BCUT2D eigenvalue weighted by atomic mass is 16.5. The second-order valence-electron chi connectivity index (χ2n) is 3.24. The highest BCUT2D eigenvalue weighted by Gasteiger charge is 2.13. The van der Waals surface area contributed by atoms with Gasteiger partial charge in [0.2, 0.25) is 0 Å². The third kappa shape index (κ3) is 5.52. The lowest BCUT2D eigenvalue weighted by atomic mass is 10.1. The van der Waals surface area contributed by atoms with Gasteiger partial charge >= 0.3 is 0 Å². The molecule has 0 aromatic carbocycles. The average molecular weight is 176 g/mol. The van der Waals surface area contributed by atoms with Crippen molar-refractivity contribution in [1.29, 1.82) is 0 Å². The van der Waals surface area contributed by atoms with Crippen LogP contribution in [0.3, 0.4) is 0 Å².